The van der Waals surface area contributed by atoms with Crippen LogP contribution in [0, 0.1) is 5.41 Å². The number of hydrogen-bond acceptors (Lipinski definition) is 5. The first-order valence-electron chi connectivity index (χ1n) is 12.2. The average molecular weight is 523 g/mol. The zero-order chi connectivity index (χ0) is 25.7. The Morgan fingerprint density at radius 2 is 1.72 bits per heavy atom. The van der Waals surface area contributed by atoms with Crippen molar-refractivity contribution in [3.8, 4) is 0 Å². The van der Waals surface area contributed by atoms with Crippen LogP contribution in [0.4, 0.5) is 23.9 Å². The number of amides is 2. The van der Waals surface area contributed by atoms with Crippen LogP contribution in [0.25, 0.3) is 0 Å². The van der Waals surface area contributed by atoms with E-state index in [9.17, 15) is 18.0 Å². The largest absolute Gasteiger partial charge is 0.419 e. The molecule has 1 N–H and O–H groups in total. The van der Waals surface area contributed by atoms with Crippen molar-refractivity contribution < 1.29 is 18.0 Å². The number of halogens is 4. The second kappa shape index (κ2) is 9.37. The summed E-state index contributed by atoms with van der Waals surface area (Å²) < 4.78 is 38.4. The first-order valence-corrected chi connectivity index (χ1v) is 12.6. The van der Waals surface area contributed by atoms with Gasteiger partial charge >= 0.3 is 12.2 Å². The number of alkyl halides is 3. The second-order valence-electron chi connectivity index (χ2n) is 10.6. The van der Waals surface area contributed by atoms with E-state index in [1.54, 1.807) is 0 Å². The highest BCUT2D eigenvalue weighted by Gasteiger charge is 2.53. The standard InChI is InChI=1S/C25H30ClF3N6O/c1-16-11-34(22-30-9-19(10-31-22)25(27,28)29)12-17(2)35(16)23(36)32-20-7-24(8-20)14-33(15-24)13-18-5-3-4-6-21(18)26/h3-6,9-10,16-17,20H,7-8,11-15H2,1-2H3,(H,32,36)/t16-,17+. The Labute approximate surface area is 213 Å². The Morgan fingerprint density at radius 1 is 1.11 bits per heavy atom. The molecule has 0 bridgehead atoms. The number of piperazine rings is 1. The number of nitrogens with zero attached hydrogens (tertiary/aromatic N) is 5. The third-order valence-corrected chi connectivity index (χ3v) is 7.93. The molecule has 2 atom stereocenters. The van der Waals surface area contributed by atoms with Crippen LogP contribution in [-0.2, 0) is 12.7 Å². The van der Waals surface area contributed by atoms with E-state index in [4.69, 9.17) is 11.6 Å². The van der Waals surface area contributed by atoms with E-state index in [2.05, 4.69) is 26.3 Å². The summed E-state index contributed by atoms with van der Waals surface area (Å²) in [5.41, 5.74) is 0.554. The number of benzene rings is 1. The number of anilines is 1. The number of rotatable bonds is 4. The SMILES string of the molecule is C[C@@H]1CN(c2ncc(C(F)(F)F)cn2)C[C@H](C)N1C(=O)NC1CC2(C1)CN(Cc1ccccc1Cl)C2. The van der Waals surface area contributed by atoms with Crippen LogP contribution < -0.4 is 10.2 Å². The number of likely N-dealkylation sites (tertiary alicyclic amines) is 1. The molecule has 1 aromatic heterocycles. The molecular weight excluding hydrogens is 493 g/mol. The molecule has 3 aliphatic rings. The van der Waals surface area contributed by atoms with E-state index >= 15 is 0 Å². The summed E-state index contributed by atoms with van der Waals surface area (Å²) in [7, 11) is 0. The minimum absolute atomic E-state index is 0.0879. The van der Waals surface area contributed by atoms with Crippen LogP contribution in [-0.4, -0.2) is 70.1 Å². The predicted molar refractivity (Wildman–Crippen MR) is 131 cm³/mol. The van der Waals surface area contributed by atoms with Gasteiger partial charge in [0.05, 0.1) is 5.56 Å². The maximum Gasteiger partial charge on any atom is 0.419 e. The molecular formula is C25H30ClF3N6O. The zero-order valence-electron chi connectivity index (χ0n) is 20.3. The lowest BCUT2D eigenvalue weighted by Crippen LogP contribution is -2.68. The maximum atomic E-state index is 13.1. The van der Waals surface area contributed by atoms with Gasteiger partial charge in [0.1, 0.15) is 0 Å². The lowest BCUT2D eigenvalue weighted by Gasteiger charge is -2.59. The Bertz CT molecular complexity index is 1090. The molecule has 1 aliphatic carbocycles. The number of nitrogens with one attached hydrogen (secondary N) is 1. The molecule has 3 heterocycles. The van der Waals surface area contributed by atoms with Gasteiger partial charge in [-0.3, -0.25) is 4.90 Å². The van der Waals surface area contributed by atoms with Gasteiger partial charge in [-0.15, -0.1) is 0 Å². The van der Waals surface area contributed by atoms with E-state index in [0.717, 1.165) is 55.5 Å². The predicted octanol–water partition coefficient (Wildman–Crippen LogP) is 4.42. The summed E-state index contributed by atoms with van der Waals surface area (Å²) in [5.74, 6) is 0.244. The monoisotopic (exact) mass is 522 g/mol. The Kier molecular flexibility index (Phi) is 6.53. The first kappa shape index (κ1) is 25.1. The molecule has 3 fully saturated rings. The minimum Gasteiger partial charge on any atom is -0.337 e. The molecule has 1 saturated carbocycles. The molecule has 0 radical (unpaired) electrons. The molecule has 194 valence electrons. The van der Waals surface area contributed by atoms with E-state index < -0.39 is 11.7 Å². The fraction of sp³-hybridized carbons (Fsp3) is 0.560. The van der Waals surface area contributed by atoms with Gasteiger partial charge in [0.25, 0.3) is 0 Å². The Morgan fingerprint density at radius 3 is 2.31 bits per heavy atom. The fourth-order valence-electron chi connectivity index (χ4n) is 5.99. The minimum atomic E-state index is -4.47. The van der Waals surface area contributed by atoms with Gasteiger partial charge in [0.15, 0.2) is 0 Å². The van der Waals surface area contributed by atoms with Crippen molar-refractivity contribution in [3.05, 3.63) is 52.8 Å². The number of carbonyl (C=O) groups is 1. The first-order chi connectivity index (χ1) is 17.0. The molecule has 7 nitrogen and oxygen atoms in total. The molecule has 0 unspecified atom stereocenters. The third kappa shape index (κ3) is 4.98. The summed E-state index contributed by atoms with van der Waals surface area (Å²) in [5, 5.41) is 3.99. The highest BCUT2D eigenvalue weighted by Crippen LogP contribution is 2.49. The van der Waals surface area contributed by atoms with Crippen LogP contribution in [0.2, 0.25) is 5.02 Å². The van der Waals surface area contributed by atoms with Crippen molar-refractivity contribution in [2.24, 2.45) is 5.41 Å². The van der Waals surface area contributed by atoms with E-state index in [-0.39, 0.29) is 35.5 Å². The molecule has 1 spiro atoms. The van der Waals surface area contributed by atoms with Crippen molar-refractivity contribution in [1.82, 2.24) is 25.1 Å². The molecule has 36 heavy (non-hydrogen) atoms. The highest BCUT2D eigenvalue weighted by atomic mass is 35.5. The van der Waals surface area contributed by atoms with Gasteiger partial charge in [-0.1, -0.05) is 29.8 Å². The van der Waals surface area contributed by atoms with Crippen LogP contribution in [0.3, 0.4) is 0 Å². The summed E-state index contributed by atoms with van der Waals surface area (Å²) >= 11 is 6.28. The van der Waals surface area contributed by atoms with Crippen LogP contribution in [0.5, 0.6) is 0 Å². The number of aromatic nitrogens is 2. The Hall–Kier alpha value is -2.59. The van der Waals surface area contributed by atoms with E-state index in [0.29, 0.717) is 13.1 Å². The molecule has 5 rings (SSSR count). The fourth-order valence-corrected chi connectivity index (χ4v) is 6.19. The van der Waals surface area contributed by atoms with Gasteiger partial charge in [-0.05, 0) is 43.7 Å². The van der Waals surface area contributed by atoms with Gasteiger partial charge in [0, 0.05) is 68.3 Å². The lowest BCUT2D eigenvalue weighted by molar-refractivity contribution is -0.138. The van der Waals surface area contributed by atoms with Gasteiger partial charge in [-0.25, -0.2) is 14.8 Å². The van der Waals surface area contributed by atoms with Crippen LogP contribution in [0.15, 0.2) is 36.7 Å². The van der Waals surface area contributed by atoms with Gasteiger partial charge < -0.3 is 15.1 Å². The molecule has 11 heteroatoms. The van der Waals surface area contributed by atoms with Crippen LogP contribution >= 0.6 is 11.6 Å². The van der Waals surface area contributed by atoms with Crippen LogP contribution in [0.1, 0.15) is 37.8 Å². The molecule has 2 amide bonds. The summed E-state index contributed by atoms with van der Waals surface area (Å²) in [6.07, 6.45) is -0.915. The molecule has 1 aromatic carbocycles. The highest BCUT2D eigenvalue weighted by molar-refractivity contribution is 6.31. The number of hydrogen-bond donors (Lipinski definition) is 1. The van der Waals surface area contributed by atoms with Gasteiger partial charge in [-0.2, -0.15) is 13.2 Å². The van der Waals surface area contributed by atoms with Crippen molar-refractivity contribution in [3.63, 3.8) is 0 Å². The number of urea groups is 1. The van der Waals surface area contributed by atoms with Crippen molar-refractivity contribution in [1.29, 1.82) is 0 Å². The lowest BCUT2D eigenvalue weighted by atomic mass is 9.60. The third-order valence-electron chi connectivity index (χ3n) is 7.56. The van der Waals surface area contributed by atoms with Crippen molar-refractivity contribution in [2.75, 3.05) is 31.1 Å². The smallest absolute Gasteiger partial charge is 0.337 e. The van der Waals surface area contributed by atoms with E-state index in [1.807, 2.05) is 41.8 Å². The zero-order valence-corrected chi connectivity index (χ0v) is 21.1. The van der Waals surface area contributed by atoms with Gasteiger partial charge in [0.2, 0.25) is 5.95 Å². The molecule has 2 aromatic rings. The summed E-state index contributed by atoms with van der Waals surface area (Å²) in [6, 6.07) is 7.72. The Balaban J connectivity index is 1.09. The second-order valence-corrected chi connectivity index (χ2v) is 11.0. The maximum absolute atomic E-state index is 13.1. The topological polar surface area (TPSA) is 64.6 Å². The average Bonchev–Trinajstić information content (AvgIpc) is 2.76. The van der Waals surface area contributed by atoms with E-state index in [1.165, 1.54) is 0 Å². The summed E-state index contributed by atoms with van der Waals surface area (Å²) in [6.45, 7) is 7.66. The van der Waals surface area contributed by atoms with Crippen molar-refractivity contribution >= 4 is 23.6 Å². The molecule has 2 saturated heterocycles. The normalized spacial score (nSPS) is 24.4. The van der Waals surface area contributed by atoms with Crippen molar-refractivity contribution in [2.45, 2.75) is 57.5 Å². The summed E-state index contributed by atoms with van der Waals surface area (Å²) in [4.78, 5) is 27.0. The number of carbonyl (C=O) groups excluding carboxylic acids is 1. The molecule has 2 aliphatic heterocycles. The quantitative estimate of drug-likeness (QED) is 0.644.